The molecule has 90 valence electrons. The van der Waals surface area contributed by atoms with Gasteiger partial charge in [-0.15, -0.1) is 0 Å². The van der Waals surface area contributed by atoms with Crippen LogP contribution < -0.4 is 5.73 Å². The zero-order chi connectivity index (χ0) is 12.3. The van der Waals surface area contributed by atoms with Crippen LogP contribution in [0.4, 0.5) is 0 Å². The Morgan fingerprint density at radius 2 is 1.75 bits per heavy atom. The second-order valence-electron chi connectivity index (χ2n) is 5.14. The molecule has 1 aromatic rings. The van der Waals surface area contributed by atoms with Gasteiger partial charge in [0, 0.05) is 27.3 Å². The van der Waals surface area contributed by atoms with Gasteiger partial charge in [-0.2, -0.15) is 0 Å². The van der Waals surface area contributed by atoms with Crippen molar-refractivity contribution >= 4 is 10.8 Å². The van der Waals surface area contributed by atoms with Gasteiger partial charge in [0.15, 0.2) is 0 Å². The minimum Gasteiger partial charge on any atom is -0.323 e. The monoisotopic (exact) mass is 239 g/mol. The zero-order valence-corrected chi connectivity index (χ0v) is 11.3. The van der Waals surface area contributed by atoms with Crippen LogP contribution in [0.2, 0.25) is 0 Å². The summed E-state index contributed by atoms with van der Waals surface area (Å²) in [6.45, 7) is 7.98. The van der Waals surface area contributed by atoms with Gasteiger partial charge in [-0.3, -0.25) is 4.21 Å². The molecule has 2 atom stereocenters. The van der Waals surface area contributed by atoms with Gasteiger partial charge < -0.3 is 5.73 Å². The Hall–Kier alpha value is -0.670. The molecule has 0 aliphatic carbocycles. The molecule has 0 aliphatic heterocycles. The maximum atomic E-state index is 11.9. The van der Waals surface area contributed by atoms with Gasteiger partial charge in [0.25, 0.3) is 0 Å². The fourth-order valence-electron chi connectivity index (χ4n) is 1.32. The second kappa shape index (κ2) is 5.11. The van der Waals surface area contributed by atoms with E-state index < -0.39 is 10.8 Å². The Bertz CT molecular complexity index is 365. The lowest BCUT2D eigenvalue weighted by Crippen LogP contribution is -2.29. The predicted molar refractivity (Wildman–Crippen MR) is 70.9 cm³/mol. The van der Waals surface area contributed by atoms with E-state index in [0.717, 1.165) is 5.56 Å². The van der Waals surface area contributed by atoms with Crippen LogP contribution in [0.5, 0.6) is 0 Å². The second-order valence-corrected chi connectivity index (χ2v) is 7.39. The molecule has 0 radical (unpaired) electrons. The molecule has 0 saturated heterocycles. The minimum atomic E-state index is -0.898. The van der Waals surface area contributed by atoms with Crippen LogP contribution >= 0.6 is 0 Å². The molecule has 0 fully saturated rings. The summed E-state index contributed by atoms with van der Waals surface area (Å²) in [4.78, 5) is 0. The van der Waals surface area contributed by atoms with Gasteiger partial charge in [-0.05, 0) is 33.3 Å². The van der Waals surface area contributed by atoms with Crippen molar-refractivity contribution in [3.8, 4) is 0 Å². The maximum absolute atomic E-state index is 11.9. The highest BCUT2D eigenvalue weighted by Crippen LogP contribution is 2.18. The van der Waals surface area contributed by atoms with Gasteiger partial charge in [0.05, 0.1) is 0 Å². The topological polar surface area (TPSA) is 43.1 Å². The quantitative estimate of drug-likeness (QED) is 0.881. The summed E-state index contributed by atoms with van der Waals surface area (Å²) in [5, 5.41) is 0. The number of nitrogens with two attached hydrogens (primary N) is 1. The van der Waals surface area contributed by atoms with E-state index in [0.29, 0.717) is 5.75 Å². The van der Waals surface area contributed by atoms with Crippen LogP contribution in [0.1, 0.15) is 37.9 Å². The average Bonchev–Trinajstić information content (AvgIpc) is 2.17. The first-order chi connectivity index (χ1) is 7.30. The summed E-state index contributed by atoms with van der Waals surface area (Å²) >= 11 is 0. The fraction of sp³-hybridized carbons (Fsp3) is 0.538. The summed E-state index contributed by atoms with van der Waals surface area (Å²) in [5.41, 5.74) is 8.32. The van der Waals surface area contributed by atoms with Gasteiger partial charge in [-0.1, -0.05) is 29.8 Å². The first kappa shape index (κ1) is 13.4. The van der Waals surface area contributed by atoms with Crippen LogP contribution in [0, 0.1) is 6.92 Å². The average molecular weight is 239 g/mol. The van der Waals surface area contributed by atoms with Crippen LogP contribution in [-0.2, 0) is 10.8 Å². The van der Waals surface area contributed by atoms with Gasteiger partial charge in [0.2, 0.25) is 0 Å². The SMILES string of the molecule is Cc1ccc(C(N)CS(=O)C(C)(C)C)cc1. The lowest BCUT2D eigenvalue weighted by molar-refractivity contribution is 0.640. The summed E-state index contributed by atoms with van der Waals surface area (Å²) in [5.74, 6) is 0.520. The highest BCUT2D eigenvalue weighted by molar-refractivity contribution is 7.86. The Balaban J connectivity index is 2.69. The molecule has 0 bridgehead atoms. The van der Waals surface area contributed by atoms with E-state index in [9.17, 15) is 4.21 Å². The molecule has 16 heavy (non-hydrogen) atoms. The molecule has 3 heteroatoms. The number of aryl methyl sites for hydroxylation is 1. The van der Waals surface area contributed by atoms with Crippen molar-refractivity contribution in [1.82, 2.24) is 0 Å². The third-order valence-electron chi connectivity index (χ3n) is 2.52. The van der Waals surface area contributed by atoms with Crippen molar-refractivity contribution in [2.24, 2.45) is 5.73 Å². The fourth-order valence-corrected chi connectivity index (χ4v) is 2.34. The van der Waals surface area contributed by atoms with Crippen molar-refractivity contribution in [1.29, 1.82) is 0 Å². The van der Waals surface area contributed by atoms with Gasteiger partial charge in [-0.25, -0.2) is 0 Å². The number of rotatable bonds is 3. The van der Waals surface area contributed by atoms with Crippen LogP contribution in [-0.4, -0.2) is 14.7 Å². The number of hydrogen-bond acceptors (Lipinski definition) is 2. The minimum absolute atomic E-state index is 0.138. The van der Waals surface area contributed by atoms with E-state index >= 15 is 0 Å². The normalized spacial score (nSPS) is 15.8. The Kier molecular flexibility index (Phi) is 4.28. The third-order valence-corrected chi connectivity index (χ3v) is 4.55. The van der Waals surface area contributed by atoms with E-state index in [1.807, 2.05) is 52.0 Å². The van der Waals surface area contributed by atoms with E-state index in [4.69, 9.17) is 5.73 Å². The van der Waals surface area contributed by atoms with E-state index in [1.165, 1.54) is 5.56 Å². The molecular weight excluding hydrogens is 218 g/mol. The van der Waals surface area contributed by atoms with Gasteiger partial charge in [0.1, 0.15) is 0 Å². The molecule has 0 aromatic heterocycles. The van der Waals surface area contributed by atoms with E-state index in [2.05, 4.69) is 0 Å². The molecule has 1 rings (SSSR count). The summed E-state index contributed by atoms with van der Waals surface area (Å²) < 4.78 is 11.8. The third kappa shape index (κ3) is 3.72. The largest absolute Gasteiger partial charge is 0.323 e. The summed E-state index contributed by atoms with van der Waals surface area (Å²) in [6.07, 6.45) is 0. The molecule has 1 aromatic carbocycles. The molecule has 2 N–H and O–H groups in total. The van der Waals surface area contributed by atoms with Crippen molar-refractivity contribution in [3.63, 3.8) is 0 Å². The maximum Gasteiger partial charge on any atom is 0.0433 e. The van der Waals surface area contributed by atoms with E-state index in [1.54, 1.807) is 0 Å². The van der Waals surface area contributed by atoms with Crippen LogP contribution in [0.15, 0.2) is 24.3 Å². The first-order valence-electron chi connectivity index (χ1n) is 5.51. The molecule has 2 nitrogen and oxygen atoms in total. The van der Waals surface area contributed by atoms with Crippen molar-refractivity contribution in [3.05, 3.63) is 35.4 Å². The summed E-state index contributed by atoms with van der Waals surface area (Å²) in [6, 6.07) is 7.96. The first-order valence-corrected chi connectivity index (χ1v) is 6.83. The zero-order valence-electron chi connectivity index (χ0n) is 10.5. The molecule has 0 saturated carbocycles. The predicted octanol–water partition coefficient (Wildman–Crippen LogP) is 2.54. The Morgan fingerprint density at radius 1 is 1.25 bits per heavy atom. The van der Waals surface area contributed by atoms with Gasteiger partial charge >= 0.3 is 0 Å². The lowest BCUT2D eigenvalue weighted by atomic mass is 10.1. The summed E-state index contributed by atoms with van der Waals surface area (Å²) in [7, 11) is -0.898. The molecule has 0 spiro atoms. The highest BCUT2D eigenvalue weighted by atomic mass is 32.2. The molecule has 2 unspecified atom stereocenters. The lowest BCUT2D eigenvalue weighted by Gasteiger charge is -2.21. The van der Waals surface area contributed by atoms with Crippen molar-refractivity contribution in [2.45, 2.75) is 38.5 Å². The van der Waals surface area contributed by atoms with E-state index in [-0.39, 0.29) is 10.8 Å². The number of benzene rings is 1. The number of hydrogen-bond donors (Lipinski definition) is 1. The standard InChI is InChI=1S/C13H21NOS/c1-10-5-7-11(8-6-10)12(14)9-16(15)13(2,3)4/h5-8,12H,9,14H2,1-4H3. The smallest absolute Gasteiger partial charge is 0.0433 e. The molecule has 0 amide bonds. The van der Waals surface area contributed by atoms with Crippen LogP contribution in [0.3, 0.4) is 0 Å². The van der Waals surface area contributed by atoms with Crippen molar-refractivity contribution in [2.75, 3.05) is 5.75 Å². The highest BCUT2D eigenvalue weighted by Gasteiger charge is 2.22. The Labute approximate surface area is 101 Å². The van der Waals surface area contributed by atoms with Crippen molar-refractivity contribution < 1.29 is 4.21 Å². The molecule has 0 heterocycles. The van der Waals surface area contributed by atoms with Crippen LogP contribution in [0.25, 0.3) is 0 Å². The molecular formula is C13H21NOS. The molecule has 0 aliphatic rings. The Morgan fingerprint density at radius 3 is 2.19 bits per heavy atom.